The van der Waals surface area contributed by atoms with Crippen LogP contribution in [0.4, 0.5) is 21.0 Å². The smallest absolute Gasteiger partial charge is 0.300 e. The van der Waals surface area contributed by atoms with Crippen molar-refractivity contribution in [1.29, 1.82) is 0 Å². The van der Waals surface area contributed by atoms with E-state index in [1.165, 1.54) is 29.2 Å². The summed E-state index contributed by atoms with van der Waals surface area (Å²) in [5.74, 6) is -1.96. The second-order valence-electron chi connectivity index (χ2n) is 6.60. The molecule has 32 heavy (non-hydrogen) atoms. The zero-order chi connectivity index (χ0) is 22.8. The number of carbonyl (C=O) groups is 2. The van der Waals surface area contributed by atoms with Gasteiger partial charge < -0.3 is 20.9 Å². The summed E-state index contributed by atoms with van der Waals surface area (Å²) >= 11 is 0.916. The van der Waals surface area contributed by atoms with Crippen molar-refractivity contribution in [2.75, 3.05) is 10.6 Å². The average molecular weight is 453 g/mol. The number of hydrogen-bond donors (Lipinski definition) is 2. The number of thiazole rings is 1. The molecular weight excluding hydrogens is 437 g/mol. The number of carbonyl (C=O) groups excluding carboxylic acids is 2. The lowest BCUT2D eigenvalue weighted by Crippen LogP contribution is -2.39. The molecular formula is C20H16FN7O3S. The Bertz CT molecular complexity index is 1270. The van der Waals surface area contributed by atoms with Crippen LogP contribution in [0.5, 0.6) is 0 Å². The van der Waals surface area contributed by atoms with Crippen LogP contribution in [0, 0.1) is 5.82 Å². The number of rotatable bonds is 7. The highest BCUT2D eigenvalue weighted by atomic mass is 32.1. The van der Waals surface area contributed by atoms with Gasteiger partial charge in [0, 0.05) is 11.9 Å². The molecule has 12 heteroatoms. The van der Waals surface area contributed by atoms with E-state index in [-0.39, 0.29) is 27.5 Å². The van der Waals surface area contributed by atoms with Crippen molar-refractivity contribution in [2.24, 2.45) is 5.73 Å². The maximum atomic E-state index is 13.4. The molecule has 1 aromatic carbocycles. The van der Waals surface area contributed by atoms with E-state index >= 15 is 0 Å². The molecule has 0 unspecified atom stereocenters. The number of benzene rings is 1. The molecule has 0 radical (unpaired) electrons. The lowest BCUT2D eigenvalue weighted by Gasteiger charge is -2.26. The van der Waals surface area contributed by atoms with Gasteiger partial charge in [0.05, 0.1) is 0 Å². The molecule has 1 atom stereocenters. The summed E-state index contributed by atoms with van der Waals surface area (Å²) < 4.78 is 18.5. The van der Waals surface area contributed by atoms with E-state index in [9.17, 15) is 14.0 Å². The highest BCUT2D eigenvalue weighted by Gasteiger charge is 2.29. The summed E-state index contributed by atoms with van der Waals surface area (Å²) in [6, 6.07) is 9.69. The summed E-state index contributed by atoms with van der Waals surface area (Å²) in [5.41, 5.74) is 12.3. The number of primary amides is 1. The van der Waals surface area contributed by atoms with Gasteiger partial charge in [0.25, 0.3) is 11.7 Å². The Balaban J connectivity index is 1.69. The Kier molecular flexibility index (Phi) is 5.60. The minimum Gasteiger partial charge on any atom is -0.382 e. The molecule has 0 saturated carbocycles. The Hall–Kier alpha value is -4.19. The van der Waals surface area contributed by atoms with Crippen molar-refractivity contribution in [2.45, 2.75) is 13.0 Å². The first kappa shape index (κ1) is 21.1. The van der Waals surface area contributed by atoms with E-state index in [0.29, 0.717) is 11.4 Å². The SMILES string of the molecule is C[C@H](C(N)=O)N(c1ccc(F)cc1)c1nc(N)c(C(=O)c2nc(-c3ccccn3)no2)s1. The lowest BCUT2D eigenvalue weighted by atomic mass is 10.2. The maximum Gasteiger partial charge on any atom is 0.300 e. The number of nitrogens with two attached hydrogens (primary N) is 2. The summed E-state index contributed by atoms with van der Waals surface area (Å²) in [6.07, 6.45) is 1.56. The van der Waals surface area contributed by atoms with E-state index < -0.39 is 23.5 Å². The van der Waals surface area contributed by atoms with Crippen LogP contribution in [-0.4, -0.2) is 37.8 Å². The Morgan fingerprint density at radius 1 is 1.16 bits per heavy atom. The van der Waals surface area contributed by atoms with Crippen LogP contribution in [-0.2, 0) is 4.79 Å². The molecule has 4 rings (SSSR count). The molecule has 162 valence electrons. The predicted molar refractivity (Wildman–Crippen MR) is 115 cm³/mol. The number of halogens is 1. The highest BCUT2D eigenvalue weighted by molar-refractivity contribution is 7.18. The van der Waals surface area contributed by atoms with Crippen LogP contribution in [0.1, 0.15) is 22.5 Å². The van der Waals surface area contributed by atoms with Crippen molar-refractivity contribution in [3.63, 3.8) is 0 Å². The number of hydrogen-bond acceptors (Lipinski definition) is 10. The van der Waals surface area contributed by atoms with Crippen LogP contribution in [0.15, 0.2) is 53.2 Å². The van der Waals surface area contributed by atoms with Crippen LogP contribution in [0.2, 0.25) is 0 Å². The topological polar surface area (TPSA) is 154 Å². The van der Waals surface area contributed by atoms with Crippen molar-refractivity contribution in [3.8, 4) is 11.5 Å². The van der Waals surface area contributed by atoms with Crippen LogP contribution in [0.25, 0.3) is 11.5 Å². The summed E-state index contributed by atoms with van der Waals surface area (Å²) in [5, 5.41) is 3.99. The van der Waals surface area contributed by atoms with Crippen molar-refractivity contribution >= 4 is 39.7 Å². The second-order valence-corrected chi connectivity index (χ2v) is 7.58. The van der Waals surface area contributed by atoms with E-state index in [1.54, 1.807) is 31.3 Å². The van der Waals surface area contributed by atoms with Gasteiger partial charge in [-0.25, -0.2) is 9.37 Å². The van der Waals surface area contributed by atoms with Crippen molar-refractivity contribution < 1.29 is 18.5 Å². The lowest BCUT2D eigenvalue weighted by molar-refractivity contribution is -0.118. The molecule has 0 aliphatic carbocycles. The van der Waals surface area contributed by atoms with Gasteiger partial charge in [-0.2, -0.15) is 4.98 Å². The summed E-state index contributed by atoms with van der Waals surface area (Å²) in [4.78, 5) is 38.8. The normalized spacial score (nSPS) is 11.8. The van der Waals surface area contributed by atoms with Crippen molar-refractivity contribution in [3.05, 3.63) is 65.2 Å². The zero-order valence-electron chi connectivity index (χ0n) is 16.6. The van der Waals surface area contributed by atoms with Gasteiger partial charge in [0.1, 0.15) is 28.2 Å². The molecule has 0 spiro atoms. The van der Waals surface area contributed by atoms with Gasteiger partial charge in [0.15, 0.2) is 5.13 Å². The van der Waals surface area contributed by atoms with Gasteiger partial charge in [0.2, 0.25) is 11.7 Å². The van der Waals surface area contributed by atoms with E-state index in [0.717, 1.165) is 11.3 Å². The van der Waals surface area contributed by atoms with E-state index in [4.69, 9.17) is 16.0 Å². The standard InChI is InChI=1S/C20H16FN7O3S/c1-10(17(23)30)28(12-7-5-11(21)6-8-12)20-25-16(22)15(32-20)14(29)19-26-18(27-31-19)13-4-2-3-9-24-13/h2-10H,22H2,1H3,(H2,23,30)/t10-/m1/s1. The van der Waals surface area contributed by atoms with Crippen molar-refractivity contribution in [1.82, 2.24) is 20.1 Å². The highest BCUT2D eigenvalue weighted by Crippen LogP contribution is 2.35. The number of aromatic nitrogens is 4. The van der Waals surface area contributed by atoms with E-state index in [1.807, 2.05) is 0 Å². The monoisotopic (exact) mass is 453 g/mol. The average Bonchev–Trinajstić information content (AvgIpc) is 3.43. The molecule has 1 amide bonds. The van der Waals surface area contributed by atoms with E-state index in [2.05, 4.69) is 20.1 Å². The van der Waals surface area contributed by atoms with Gasteiger partial charge in [-0.15, -0.1) is 0 Å². The summed E-state index contributed by atoms with van der Waals surface area (Å²) in [6.45, 7) is 1.56. The molecule has 0 bridgehead atoms. The van der Waals surface area contributed by atoms with Crippen LogP contribution in [0.3, 0.4) is 0 Å². The Morgan fingerprint density at radius 3 is 2.56 bits per heavy atom. The second kappa shape index (κ2) is 8.51. The van der Waals surface area contributed by atoms with Gasteiger partial charge >= 0.3 is 0 Å². The maximum absolute atomic E-state index is 13.4. The minimum absolute atomic E-state index is 0.0417. The number of nitrogen functional groups attached to an aromatic ring is 1. The molecule has 4 aromatic rings. The predicted octanol–water partition coefficient (Wildman–Crippen LogP) is 2.55. The fourth-order valence-corrected chi connectivity index (χ4v) is 3.85. The molecule has 0 aliphatic rings. The Morgan fingerprint density at radius 2 is 1.91 bits per heavy atom. The molecule has 0 fully saturated rings. The fraction of sp³-hybridized carbons (Fsp3) is 0.100. The number of ketones is 1. The molecule has 0 aliphatic heterocycles. The number of anilines is 3. The number of amides is 1. The first-order valence-corrected chi connectivity index (χ1v) is 10.1. The molecule has 4 N–H and O–H groups in total. The van der Waals surface area contributed by atoms with Gasteiger partial charge in [-0.1, -0.05) is 22.6 Å². The zero-order valence-corrected chi connectivity index (χ0v) is 17.4. The summed E-state index contributed by atoms with van der Waals surface area (Å²) in [7, 11) is 0. The third kappa shape index (κ3) is 4.03. The molecule has 0 saturated heterocycles. The first-order valence-electron chi connectivity index (χ1n) is 9.25. The third-order valence-electron chi connectivity index (χ3n) is 4.47. The van der Waals surface area contributed by atoms with Crippen LogP contribution >= 0.6 is 11.3 Å². The number of nitrogens with zero attached hydrogens (tertiary/aromatic N) is 5. The van der Waals surface area contributed by atoms with Gasteiger partial charge in [-0.05, 0) is 43.3 Å². The molecule has 3 aromatic heterocycles. The third-order valence-corrected chi connectivity index (χ3v) is 5.54. The van der Waals surface area contributed by atoms with Crippen LogP contribution < -0.4 is 16.4 Å². The first-order chi connectivity index (χ1) is 15.3. The molecule has 10 nitrogen and oxygen atoms in total. The molecule has 3 heterocycles. The minimum atomic E-state index is -0.854. The fourth-order valence-electron chi connectivity index (χ4n) is 2.83. The quantitative estimate of drug-likeness (QED) is 0.402. The largest absolute Gasteiger partial charge is 0.382 e. The number of pyridine rings is 1. The van der Waals surface area contributed by atoms with Gasteiger partial charge in [-0.3, -0.25) is 14.6 Å². The Labute approximate surface area is 184 Å².